The van der Waals surface area contributed by atoms with Crippen LogP contribution in [0, 0.1) is 0 Å². The number of unbranched alkanes of at least 4 members (excludes halogenated alkanes) is 1. The molecule has 1 amide bonds. The van der Waals surface area contributed by atoms with Gasteiger partial charge >= 0.3 is 0 Å². The zero-order valence-corrected chi connectivity index (χ0v) is 19.6. The van der Waals surface area contributed by atoms with E-state index >= 15 is 0 Å². The summed E-state index contributed by atoms with van der Waals surface area (Å²) < 4.78 is 2.11. The summed E-state index contributed by atoms with van der Waals surface area (Å²) in [5, 5.41) is 6.31. The Morgan fingerprint density at radius 1 is 1.18 bits per heavy atom. The number of halogens is 1. The van der Waals surface area contributed by atoms with Crippen molar-refractivity contribution in [1.82, 2.24) is 20.1 Å². The molecule has 0 aliphatic heterocycles. The van der Waals surface area contributed by atoms with Crippen LogP contribution in [0.3, 0.4) is 0 Å². The van der Waals surface area contributed by atoms with E-state index < -0.39 is 0 Å². The Hall–Kier alpha value is -2.03. The molecule has 1 aromatic heterocycles. The minimum absolute atomic E-state index is 0. The predicted molar refractivity (Wildman–Crippen MR) is 126 cm³/mol. The summed E-state index contributed by atoms with van der Waals surface area (Å²) >= 11 is 0. The molecule has 0 unspecified atom stereocenters. The second-order valence-electron chi connectivity index (χ2n) is 6.67. The molecule has 0 fully saturated rings. The molecule has 0 bridgehead atoms. The van der Waals surface area contributed by atoms with Gasteiger partial charge in [-0.1, -0.05) is 25.5 Å². The molecule has 0 saturated heterocycles. The van der Waals surface area contributed by atoms with E-state index in [2.05, 4.69) is 38.1 Å². The zero-order valence-electron chi connectivity index (χ0n) is 17.2. The van der Waals surface area contributed by atoms with E-state index in [1.807, 2.05) is 50.6 Å². The van der Waals surface area contributed by atoms with Crippen LogP contribution in [0.25, 0.3) is 0 Å². The third-order valence-electron chi connectivity index (χ3n) is 4.51. The van der Waals surface area contributed by atoms with E-state index in [1.54, 1.807) is 7.05 Å². The van der Waals surface area contributed by atoms with E-state index in [-0.39, 0.29) is 29.9 Å². The van der Waals surface area contributed by atoms with Crippen molar-refractivity contribution in [3.05, 3.63) is 59.4 Å². The first-order valence-electron chi connectivity index (χ1n) is 9.44. The van der Waals surface area contributed by atoms with Crippen LogP contribution in [0.5, 0.6) is 0 Å². The fraction of sp³-hybridized carbons (Fsp3) is 0.429. The molecule has 1 aromatic carbocycles. The molecule has 0 atom stereocenters. The first-order chi connectivity index (χ1) is 13.0. The number of nitrogens with one attached hydrogen (secondary N) is 2. The van der Waals surface area contributed by atoms with E-state index in [4.69, 9.17) is 0 Å². The zero-order chi connectivity index (χ0) is 19.6. The van der Waals surface area contributed by atoms with Gasteiger partial charge in [0.05, 0.1) is 6.54 Å². The van der Waals surface area contributed by atoms with E-state index in [0.717, 1.165) is 37.5 Å². The number of nitrogens with zero attached hydrogens (tertiary/aromatic N) is 3. The summed E-state index contributed by atoms with van der Waals surface area (Å²) in [5.41, 5.74) is 3.02. The van der Waals surface area contributed by atoms with Crippen molar-refractivity contribution in [1.29, 1.82) is 0 Å². The number of rotatable bonds is 8. The second kappa shape index (κ2) is 12.4. The largest absolute Gasteiger partial charge is 0.353 e. The van der Waals surface area contributed by atoms with Crippen LogP contribution in [-0.4, -0.2) is 42.0 Å². The van der Waals surface area contributed by atoms with Gasteiger partial charge in [0.2, 0.25) is 0 Å². The van der Waals surface area contributed by atoms with E-state index in [0.29, 0.717) is 12.1 Å². The van der Waals surface area contributed by atoms with Crippen LogP contribution in [-0.2, 0) is 20.1 Å². The SMILES string of the molecule is CCCCNC(=O)c1ccc(CNC(=NC)N(C)Cc2cccn2C)cc1.I. The maximum atomic E-state index is 12.1. The Kier molecular flexibility index (Phi) is 10.7. The van der Waals surface area contributed by atoms with E-state index in [1.165, 1.54) is 5.69 Å². The van der Waals surface area contributed by atoms with Gasteiger partial charge in [-0.05, 0) is 36.2 Å². The Bertz CT molecular complexity index is 754. The lowest BCUT2D eigenvalue weighted by Gasteiger charge is -2.22. The Balaban J connectivity index is 0.00000392. The monoisotopic (exact) mass is 497 g/mol. The molecule has 2 aromatic rings. The molecule has 154 valence electrons. The normalized spacial score (nSPS) is 10.9. The van der Waals surface area contributed by atoms with Gasteiger partial charge in [-0.3, -0.25) is 9.79 Å². The summed E-state index contributed by atoms with van der Waals surface area (Å²) in [6.45, 7) is 4.27. The first kappa shape index (κ1) is 24.0. The molecular formula is C21H32IN5O. The maximum absolute atomic E-state index is 12.1. The van der Waals surface area contributed by atoms with Crippen LogP contribution < -0.4 is 10.6 Å². The van der Waals surface area contributed by atoms with Crippen LogP contribution in [0.4, 0.5) is 0 Å². The van der Waals surface area contributed by atoms with Crippen molar-refractivity contribution in [3.8, 4) is 0 Å². The number of aliphatic imine (C=N–C) groups is 1. The highest BCUT2D eigenvalue weighted by molar-refractivity contribution is 14.0. The van der Waals surface area contributed by atoms with Crippen molar-refractivity contribution >= 4 is 35.8 Å². The van der Waals surface area contributed by atoms with Gasteiger partial charge in [0.15, 0.2) is 5.96 Å². The van der Waals surface area contributed by atoms with Crippen molar-refractivity contribution in [2.24, 2.45) is 12.0 Å². The smallest absolute Gasteiger partial charge is 0.251 e. The molecule has 0 aliphatic carbocycles. The van der Waals surface area contributed by atoms with Gasteiger partial charge in [0.1, 0.15) is 0 Å². The highest BCUT2D eigenvalue weighted by atomic mass is 127. The standard InChI is InChI=1S/C21H31N5O.HI/c1-5-6-13-23-20(27)18-11-9-17(10-12-18)15-24-21(22-2)26(4)16-19-8-7-14-25(19)3;/h7-12,14H,5-6,13,15-16H2,1-4H3,(H,22,24)(H,23,27);1H. The van der Waals surface area contributed by atoms with Gasteiger partial charge < -0.3 is 20.1 Å². The van der Waals surface area contributed by atoms with Crippen LogP contribution >= 0.6 is 24.0 Å². The lowest BCUT2D eigenvalue weighted by molar-refractivity contribution is 0.0953. The van der Waals surface area contributed by atoms with Gasteiger partial charge in [-0.25, -0.2) is 0 Å². The number of benzene rings is 1. The molecule has 0 spiro atoms. The maximum Gasteiger partial charge on any atom is 0.251 e. The summed E-state index contributed by atoms with van der Waals surface area (Å²) in [4.78, 5) is 18.5. The molecule has 6 nitrogen and oxygen atoms in total. The van der Waals surface area contributed by atoms with Crippen LogP contribution in [0.1, 0.15) is 41.4 Å². The summed E-state index contributed by atoms with van der Waals surface area (Å²) in [6, 6.07) is 11.8. The average Bonchev–Trinajstić information content (AvgIpc) is 3.07. The molecule has 2 N–H and O–H groups in total. The lowest BCUT2D eigenvalue weighted by Crippen LogP contribution is -2.38. The van der Waals surface area contributed by atoms with Crippen molar-refractivity contribution in [2.75, 3.05) is 20.6 Å². The predicted octanol–water partition coefficient (Wildman–Crippen LogP) is 3.38. The number of aromatic nitrogens is 1. The highest BCUT2D eigenvalue weighted by Gasteiger charge is 2.09. The Morgan fingerprint density at radius 3 is 2.46 bits per heavy atom. The van der Waals surface area contributed by atoms with Crippen molar-refractivity contribution in [3.63, 3.8) is 0 Å². The Morgan fingerprint density at radius 2 is 1.89 bits per heavy atom. The van der Waals surface area contributed by atoms with Crippen LogP contribution in [0.15, 0.2) is 47.6 Å². The molecule has 2 rings (SSSR count). The van der Waals surface area contributed by atoms with Gasteiger partial charge in [0.25, 0.3) is 5.91 Å². The third kappa shape index (κ3) is 7.18. The quantitative estimate of drug-likeness (QED) is 0.255. The topological polar surface area (TPSA) is 61.7 Å². The fourth-order valence-corrected chi connectivity index (χ4v) is 2.80. The number of amides is 1. The molecule has 0 radical (unpaired) electrons. The molecule has 1 heterocycles. The summed E-state index contributed by atoms with van der Waals surface area (Å²) in [5.74, 6) is 0.818. The molecule has 28 heavy (non-hydrogen) atoms. The highest BCUT2D eigenvalue weighted by Crippen LogP contribution is 2.06. The molecular weight excluding hydrogens is 465 g/mol. The molecule has 7 heteroatoms. The fourth-order valence-electron chi connectivity index (χ4n) is 2.80. The first-order valence-corrected chi connectivity index (χ1v) is 9.44. The minimum atomic E-state index is -0.0129. The second-order valence-corrected chi connectivity index (χ2v) is 6.67. The van der Waals surface area contributed by atoms with E-state index in [9.17, 15) is 4.79 Å². The Labute approximate surface area is 185 Å². The van der Waals surface area contributed by atoms with Crippen molar-refractivity contribution in [2.45, 2.75) is 32.9 Å². The van der Waals surface area contributed by atoms with Crippen LogP contribution in [0.2, 0.25) is 0 Å². The van der Waals surface area contributed by atoms with Gasteiger partial charge in [-0.2, -0.15) is 0 Å². The number of aryl methyl sites for hydroxylation is 1. The summed E-state index contributed by atoms with van der Waals surface area (Å²) in [7, 11) is 5.85. The number of guanidine groups is 1. The van der Waals surface area contributed by atoms with Gasteiger partial charge in [0, 0.05) is 51.7 Å². The minimum Gasteiger partial charge on any atom is -0.353 e. The van der Waals surface area contributed by atoms with Crippen molar-refractivity contribution < 1.29 is 4.79 Å². The number of hydrogen-bond acceptors (Lipinski definition) is 2. The third-order valence-corrected chi connectivity index (χ3v) is 4.51. The lowest BCUT2D eigenvalue weighted by atomic mass is 10.1. The summed E-state index contributed by atoms with van der Waals surface area (Å²) in [6.07, 6.45) is 4.12. The number of carbonyl (C=O) groups is 1. The van der Waals surface area contributed by atoms with Gasteiger partial charge in [-0.15, -0.1) is 24.0 Å². The molecule has 0 saturated carbocycles. The average molecular weight is 497 g/mol. The molecule has 0 aliphatic rings. The number of carbonyl (C=O) groups excluding carboxylic acids is 1. The number of hydrogen-bond donors (Lipinski definition) is 2.